The van der Waals surface area contributed by atoms with E-state index in [1.807, 2.05) is 21.7 Å². The van der Waals surface area contributed by atoms with Crippen molar-refractivity contribution >= 4 is 27.3 Å². The van der Waals surface area contributed by atoms with Gasteiger partial charge in [0, 0.05) is 31.6 Å². The normalized spacial score (nSPS) is 25.1. The van der Waals surface area contributed by atoms with E-state index in [0.717, 1.165) is 57.2 Å². The van der Waals surface area contributed by atoms with Crippen LogP contribution in [0.15, 0.2) is 16.8 Å². The molecule has 4 rings (SSSR count). The maximum atomic E-state index is 12.4. The number of hydrogen-bond acceptors (Lipinski definition) is 4. The van der Waals surface area contributed by atoms with Crippen molar-refractivity contribution < 1.29 is 13.2 Å². The third-order valence-electron chi connectivity index (χ3n) is 5.97. The van der Waals surface area contributed by atoms with Crippen molar-refractivity contribution in [2.75, 3.05) is 26.2 Å². The van der Waals surface area contributed by atoms with Crippen LogP contribution >= 0.6 is 11.3 Å². The Kier molecular flexibility index (Phi) is 4.21. The monoisotopic (exact) mass is 368 g/mol. The Hall–Kier alpha value is -0.920. The largest absolute Gasteiger partial charge is 0.339 e. The lowest BCUT2D eigenvalue weighted by Gasteiger charge is -2.46. The van der Waals surface area contributed by atoms with E-state index in [1.54, 1.807) is 15.6 Å². The van der Waals surface area contributed by atoms with Crippen molar-refractivity contribution in [2.45, 2.75) is 43.8 Å². The molecular weight excluding hydrogens is 344 g/mol. The molecule has 3 fully saturated rings. The first-order chi connectivity index (χ1) is 11.5. The Morgan fingerprint density at radius 1 is 1.08 bits per heavy atom. The van der Waals surface area contributed by atoms with Crippen LogP contribution in [-0.4, -0.2) is 55.0 Å². The second-order valence-electron chi connectivity index (χ2n) is 7.45. The average molecular weight is 369 g/mol. The first-order valence-electron chi connectivity index (χ1n) is 8.81. The lowest BCUT2D eigenvalue weighted by molar-refractivity contribution is 0.0424. The highest BCUT2D eigenvalue weighted by molar-refractivity contribution is 7.90. The van der Waals surface area contributed by atoms with E-state index in [-0.39, 0.29) is 16.6 Å². The van der Waals surface area contributed by atoms with Crippen LogP contribution < -0.4 is 0 Å². The SMILES string of the molecule is O=C(c1ccsc1)N1CCC2(CC1)CCN(S(=O)(=O)C1CC1)CC2. The molecule has 0 N–H and O–H groups in total. The van der Waals surface area contributed by atoms with Gasteiger partial charge in [0.2, 0.25) is 10.0 Å². The van der Waals surface area contributed by atoms with Crippen LogP contribution in [0.3, 0.4) is 0 Å². The number of carbonyl (C=O) groups excluding carboxylic acids is 1. The van der Waals surface area contributed by atoms with Crippen molar-refractivity contribution in [3.63, 3.8) is 0 Å². The van der Waals surface area contributed by atoms with Gasteiger partial charge in [-0.3, -0.25) is 4.79 Å². The maximum absolute atomic E-state index is 12.4. The van der Waals surface area contributed by atoms with Gasteiger partial charge < -0.3 is 4.90 Å². The minimum Gasteiger partial charge on any atom is -0.339 e. The molecular formula is C17H24N2O3S2. The van der Waals surface area contributed by atoms with E-state index in [2.05, 4.69) is 0 Å². The average Bonchev–Trinajstić information content (AvgIpc) is 3.32. The minimum absolute atomic E-state index is 0.100. The fourth-order valence-corrected chi connectivity index (χ4v) is 6.52. The Morgan fingerprint density at radius 2 is 1.71 bits per heavy atom. The van der Waals surface area contributed by atoms with Crippen LogP contribution in [-0.2, 0) is 10.0 Å². The van der Waals surface area contributed by atoms with Crippen molar-refractivity contribution in [1.29, 1.82) is 0 Å². The lowest BCUT2D eigenvalue weighted by atomic mass is 9.71. The molecule has 0 atom stereocenters. The van der Waals surface area contributed by atoms with Gasteiger partial charge in [0.25, 0.3) is 5.91 Å². The number of sulfonamides is 1. The van der Waals surface area contributed by atoms with E-state index in [4.69, 9.17) is 0 Å². The zero-order chi connectivity index (χ0) is 16.8. The summed E-state index contributed by atoms with van der Waals surface area (Å²) in [7, 11) is -3.03. The molecule has 1 aliphatic carbocycles. The number of thiophene rings is 1. The highest BCUT2D eigenvalue weighted by atomic mass is 32.2. The van der Waals surface area contributed by atoms with E-state index < -0.39 is 10.0 Å². The number of rotatable bonds is 3. The van der Waals surface area contributed by atoms with Gasteiger partial charge in [-0.25, -0.2) is 12.7 Å². The fourth-order valence-electron chi connectivity index (χ4n) is 4.04. The zero-order valence-electron chi connectivity index (χ0n) is 13.8. The smallest absolute Gasteiger partial charge is 0.254 e. The van der Waals surface area contributed by atoms with E-state index in [9.17, 15) is 13.2 Å². The summed E-state index contributed by atoms with van der Waals surface area (Å²) in [6.07, 6.45) is 5.56. The summed E-state index contributed by atoms with van der Waals surface area (Å²) >= 11 is 1.55. The summed E-state index contributed by atoms with van der Waals surface area (Å²) in [4.78, 5) is 14.4. The van der Waals surface area contributed by atoms with E-state index in [1.165, 1.54) is 0 Å². The molecule has 0 unspecified atom stereocenters. The van der Waals surface area contributed by atoms with Crippen molar-refractivity contribution in [1.82, 2.24) is 9.21 Å². The molecule has 3 heterocycles. The second kappa shape index (κ2) is 6.11. The number of nitrogens with zero attached hydrogens (tertiary/aromatic N) is 2. The van der Waals surface area contributed by atoms with Gasteiger partial charge in [0.05, 0.1) is 10.8 Å². The predicted molar refractivity (Wildman–Crippen MR) is 94.6 cm³/mol. The van der Waals surface area contributed by atoms with Crippen LogP contribution in [0.4, 0.5) is 0 Å². The lowest BCUT2D eigenvalue weighted by Crippen LogP contribution is -2.49. The Morgan fingerprint density at radius 3 is 2.25 bits per heavy atom. The summed E-state index contributed by atoms with van der Waals surface area (Å²) in [6, 6.07) is 1.89. The Labute approximate surface area is 147 Å². The molecule has 132 valence electrons. The Balaban J connectivity index is 1.34. The summed E-state index contributed by atoms with van der Waals surface area (Å²) in [5.41, 5.74) is 1.03. The van der Waals surface area contributed by atoms with Crippen molar-refractivity contribution in [2.24, 2.45) is 5.41 Å². The standard InChI is InChI=1S/C17H24N2O3S2/c20-16(14-3-12-23-13-14)18-8-4-17(5-9-18)6-10-19(11-7-17)24(21,22)15-1-2-15/h3,12-13,15H,1-2,4-11H2. The molecule has 2 saturated heterocycles. The topological polar surface area (TPSA) is 57.7 Å². The number of likely N-dealkylation sites (tertiary alicyclic amines) is 1. The van der Waals surface area contributed by atoms with Gasteiger partial charge in [-0.2, -0.15) is 11.3 Å². The molecule has 1 aromatic rings. The first kappa shape index (κ1) is 16.5. The van der Waals surface area contributed by atoms with Gasteiger partial charge >= 0.3 is 0 Å². The molecule has 1 aromatic heterocycles. The highest BCUT2D eigenvalue weighted by Crippen LogP contribution is 2.43. The number of hydrogen-bond donors (Lipinski definition) is 0. The van der Waals surface area contributed by atoms with Gasteiger partial charge in [-0.05, 0) is 55.4 Å². The van der Waals surface area contributed by atoms with Gasteiger partial charge in [0.1, 0.15) is 0 Å². The van der Waals surface area contributed by atoms with Crippen molar-refractivity contribution in [3.8, 4) is 0 Å². The van der Waals surface area contributed by atoms with E-state index in [0.29, 0.717) is 13.1 Å². The first-order valence-corrected chi connectivity index (χ1v) is 11.3. The van der Waals surface area contributed by atoms with Gasteiger partial charge in [-0.15, -0.1) is 0 Å². The summed E-state index contributed by atoms with van der Waals surface area (Å²) < 4.78 is 26.5. The third-order valence-corrected chi connectivity index (χ3v) is 9.05. The van der Waals surface area contributed by atoms with Crippen LogP contribution in [0, 0.1) is 5.41 Å². The molecule has 1 saturated carbocycles. The number of carbonyl (C=O) groups is 1. The quantitative estimate of drug-likeness (QED) is 0.824. The summed E-state index contributed by atoms with van der Waals surface area (Å²) in [5.74, 6) is 0.139. The van der Waals surface area contributed by atoms with E-state index >= 15 is 0 Å². The minimum atomic E-state index is -3.03. The molecule has 0 bridgehead atoms. The van der Waals surface area contributed by atoms with Crippen LogP contribution in [0.2, 0.25) is 0 Å². The van der Waals surface area contributed by atoms with Gasteiger partial charge in [0.15, 0.2) is 0 Å². The highest BCUT2D eigenvalue weighted by Gasteiger charge is 2.45. The number of amides is 1. The summed E-state index contributed by atoms with van der Waals surface area (Å²) in [6.45, 7) is 2.92. The van der Waals surface area contributed by atoms with Crippen LogP contribution in [0.5, 0.6) is 0 Å². The van der Waals surface area contributed by atoms with Crippen molar-refractivity contribution in [3.05, 3.63) is 22.4 Å². The predicted octanol–water partition coefficient (Wildman–Crippen LogP) is 2.56. The molecule has 0 radical (unpaired) electrons. The molecule has 1 spiro atoms. The zero-order valence-corrected chi connectivity index (χ0v) is 15.4. The van der Waals surface area contributed by atoms with Crippen LogP contribution in [0.25, 0.3) is 0 Å². The molecule has 7 heteroatoms. The Bertz CT molecular complexity index is 692. The van der Waals surface area contributed by atoms with Crippen LogP contribution in [0.1, 0.15) is 48.9 Å². The molecule has 5 nitrogen and oxygen atoms in total. The fraction of sp³-hybridized carbons (Fsp3) is 0.706. The van der Waals surface area contributed by atoms with Gasteiger partial charge in [-0.1, -0.05) is 0 Å². The molecule has 2 aliphatic heterocycles. The molecule has 1 amide bonds. The number of piperidine rings is 2. The third kappa shape index (κ3) is 3.02. The molecule has 0 aromatic carbocycles. The maximum Gasteiger partial charge on any atom is 0.254 e. The summed E-state index contributed by atoms with van der Waals surface area (Å²) in [5, 5.41) is 3.75. The second-order valence-corrected chi connectivity index (χ2v) is 10.4. The molecule has 3 aliphatic rings. The molecule has 24 heavy (non-hydrogen) atoms.